The van der Waals surface area contributed by atoms with Gasteiger partial charge in [-0.25, -0.2) is 0 Å². The monoisotopic (exact) mass is 630 g/mol. The average molecular weight is 631 g/mol. The molecule has 0 amide bonds. The van der Waals surface area contributed by atoms with Crippen LogP contribution in [0.2, 0.25) is 0 Å². The minimum Gasteiger partial charge on any atom is -0.0622 e. The van der Waals surface area contributed by atoms with E-state index in [0.29, 0.717) is 5.92 Å². The van der Waals surface area contributed by atoms with Crippen LogP contribution in [0.1, 0.15) is 51.7 Å². The van der Waals surface area contributed by atoms with Crippen molar-refractivity contribution in [3.63, 3.8) is 0 Å². The van der Waals surface area contributed by atoms with Crippen LogP contribution in [-0.4, -0.2) is 0 Å². The van der Waals surface area contributed by atoms with Gasteiger partial charge in [0.2, 0.25) is 0 Å². The van der Waals surface area contributed by atoms with Gasteiger partial charge in [-0.3, -0.25) is 0 Å². The molecular weight excluding hydrogens is 589 g/mol. The second kappa shape index (κ2) is 12.2. The zero-order chi connectivity index (χ0) is 33.7. The Balaban J connectivity index is 1.68. The first-order chi connectivity index (χ1) is 23.8. The van der Waals surface area contributed by atoms with Crippen molar-refractivity contribution >= 4 is 32.3 Å². The number of rotatable bonds is 5. The summed E-state index contributed by atoms with van der Waals surface area (Å²) >= 11 is 0. The molecule has 0 atom stereocenters. The Labute approximate surface area is 290 Å². The topological polar surface area (TPSA) is 0 Å². The molecular formula is C49H42. The Morgan fingerprint density at radius 3 is 0.980 bits per heavy atom. The molecule has 0 heteroatoms. The summed E-state index contributed by atoms with van der Waals surface area (Å²) in [5.74, 6) is 0.467. The zero-order valence-corrected chi connectivity index (χ0v) is 29.1. The standard InChI is InChI=1S/C49H42/c1-32(2)33-24-26-36(27-25-33)45-41-22-14-12-20-39(41)44(35-18-10-7-11-19-35)48-46(37-28-30-38(31-29-37)49(3,4)5)42-23-15-13-21-40(42)43(47(45)48)34-16-8-6-9-17-34/h6-32H,1-5H3. The van der Waals surface area contributed by atoms with E-state index in [-0.39, 0.29) is 5.41 Å². The van der Waals surface area contributed by atoms with Gasteiger partial charge in [0.1, 0.15) is 0 Å². The molecule has 238 valence electrons. The molecule has 0 aliphatic carbocycles. The molecule has 0 aliphatic heterocycles. The molecule has 0 saturated carbocycles. The van der Waals surface area contributed by atoms with Crippen LogP contribution in [0.25, 0.3) is 76.8 Å². The van der Waals surface area contributed by atoms with Crippen LogP contribution in [0.3, 0.4) is 0 Å². The Kier molecular flexibility index (Phi) is 7.69. The summed E-state index contributed by atoms with van der Waals surface area (Å²) in [7, 11) is 0. The van der Waals surface area contributed by atoms with Crippen molar-refractivity contribution in [1.29, 1.82) is 0 Å². The average Bonchev–Trinajstić information content (AvgIpc) is 3.13. The highest BCUT2D eigenvalue weighted by atomic mass is 14.3. The Morgan fingerprint density at radius 2 is 0.653 bits per heavy atom. The van der Waals surface area contributed by atoms with Gasteiger partial charge in [0.25, 0.3) is 0 Å². The van der Waals surface area contributed by atoms with Crippen molar-refractivity contribution < 1.29 is 0 Å². The summed E-state index contributed by atoms with van der Waals surface area (Å²) in [6, 6.07) is 58.9. The van der Waals surface area contributed by atoms with Gasteiger partial charge >= 0.3 is 0 Å². The zero-order valence-electron chi connectivity index (χ0n) is 29.1. The molecule has 8 aromatic rings. The van der Waals surface area contributed by atoms with E-state index in [0.717, 1.165) is 0 Å². The molecule has 0 saturated heterocycles. The third-order valence-electron chi connectivity index (χ3n) is 10.2. The molecule has 0 spiro atoms. The Hall–Kier alpha value is -5.46. The van der Waals surface area contributed by atoms with Crippen LogP contribution in [0, 0.1) is 0 Å². The van der Waals surface area contributed by atoms with E-state index in [2.05, 4.69) is 192 Å². The molecule has 0 radical (unpaired) electrons. The lowest BCUT2D eigenvalue weighted by Gasteiger charge is -2.26. The fourth-order valence-electron chi connectivity index (χ4n) is 7.71. The molecule has 0 N–H and O–H groups in total. The minimum absolute atomic E-state index is 0.0700. The van der Waals surface area contributed by atoms with Crippen LogP contribution in [0.15, 0.2) is 158 Å². The van der Waals surface area contributed by atoms with Crippen LogP contribution in [0.4, 0.5) is 0 Å². The predicted molar refractivity (Wildman–Crippen MR) is 213 cm³/mol. The van der Waals surface area contributed by atoms with Crippen molar-refractivity contribution in [3.8, 4) is 44.5 Å². The molecule has 8 aromatic carbocycles. The van der Waals surface area contributed by atoms with Crippen molar-refractivity contribution in [2.75, 3.05) is 0 Å². The van der Waals surface area contributed by atoms with Crippen LogP contribution in [0.5, 0.6) is 0 Å². The van der Waals surface area contributed by atoms with Gasteiger partial charge in [0.05, 0.1) is 0 Å². The third kappa shape index (κ3) is 5.33. The number of fused-ring (bicyclic) bond motifs is 3. The molecule has 0 fully saturated rings. The van der Waals surface area contributed by atoms with Crippen LogP contribution in [-0.2, 0) is 5.41 Å². The van der Waals surface area contributed by atoms with E-state index in [4.69, 9.17) is 0 Å². The first-order valence-electron chi connectivity index (χ1n) is 17.6. The van der Waals surface area contributed by atoms with Gasteiger partial charge in [-0.15, -0.1) is 0 Å². The lowest BCUT2D eigenvalue weighted by Crippen LogP contribution is -2.10. The van der Waals surface area contributed by atoms with E-state index < -0.39 is 0 Å². The molecule has 0 bridgehead atoms. The van der Waals surface area contributed by atoms with Gasteiger partial charge in [-0.1, -0.05) is 192 Å². The summed E-state index contributed by atoms with van der Waals surface area (Å²) in [6.45, 7) is 11.4. The summed E-state index contributed by atoms with van der Waals surface area (Å²) in [6.07, 6.45) is 0. The summed E-state index contributed by atoms with van der Waals surface area (Å²) in [4.78, 5) is 0. The first-order valence-corrected chi connectivity index (χ1v) is 17.6. The maximum atomic E-state index is 2.35. The van der Waals surface area contributed by atoms with Crippen molar-refractivity contribution in [1.82, 2.24) is 0 Å². The lowest BCUT2D eigenvalue weighted by molar-refractivity contribution is 0.590. The van der Waals surface area contributed by atoms with Crippen LogP contribution < -0.4 is 0 Å². The van der Waals surface area contributed by atoms with Gasteiger partial charge in [0.15, 0.2) is 0 Å². The number of benzene rings is 8. The van der Waals surface area contributed by atoms with Crippen molar-refractivity contribution in [2.24, 2.45) is 0 Å². The van der Waals surface area contributed by atoms with E-state index in [9.17, 15) is 0 Å². The van der Waals surface area contributed by atoms with E-state index in [1.54, 1.807) is 0 Å². The fourth-order valence-corrected chi connectivity index (χ4v) is 7.71. The number of hydrogen-bond donors (Lipinski definition) is 0. The fraction of sp³-hybridized carbons (Fsp3) is 0.143. The van der Waals surface area contributed by atoms with E-state index in [1.807, 2.05) is 0 Å². The minimum atomic E-state index is 0.0700. The smallest absolute Gasteiger partial charge is 0.000139 e. The van der Waals surface area contributed by atoms with E-state index >= 15 is 0 Å². The Morgan fingerprint density at radius 1 is 0.347 bits per heavy atom. The maximum Gasteiger partial charge on any atom is -0.000139 e. The summed E-state index contributed by atoms with van der Waals surface area (Å²) in [5.41, 5.74) is 12.8. The lowest BCUT2D eigenvalue weighted by atomic mass is 9.77. The van der Waals surface area contributed by atoms with Gasteiger partial charge in [-0.2, -0.15) is 0 Å². The van der Waals surface area contributed by atoms with Crippen molar-refractivity contribution in [3.05, 3.63) is 169 Å². The molecule has 49 heavy (non-hydrogen) atoms. The van der Waals surface area contributed by atoms with Crippen LogP contribution >= 0.6 is 0 Å². The third-order valence-corrected chi connectivity index (χ3v) is 10.2. The molecule has 0 aliphatic rings. The summed E-state index contributed by atoms with van der Waals surface area (Å²) < 4.78 is 0. The van der Waals surface area contributed by atoms with Gasteiger partial charge in [0, 0.05) is 0 Å². The Bertz CT molecular complexity index is 2440. The molecule has 8 rings (SSSR count). The SMILES string of the molecule is CC(C)c1ccc(-c2c3ccccc3c(-c3ccccc3)c3c(-c4ccc(C(C)(C)C)cc4)c4ccccc4c(-c4ccccc4)c23)cc1. The second-order valence-corrected chi connectivity index (χ2v) is 14.7. The summed E-state index contributed by atoms with van der Waals surface area (Å²) in [5, 5.41) is 7.68. The molecule has 0 heterocycles. The molecule has 0 aromatic heterocycles. The normalized spacial score (nSPS) is 12.0. The highest BCUT2D eigenvalue weighted by molar-refractivity contribution is 6.33. The molecule has 0 nitrogen and oxygen atoms in total. The quantitative estimate of drug-likeness (QED) is 0.166. The number of hydrogen-bond acceptors (Lipinski definition) is 0. The highest BCUT2D eigenvalue weighted by Crippen LogP contribution is 2.53. The second-order valence-electron chi connectivity index (χ2n) is 14.7. The predicted octanol–water partition coefficient (Wildman–Crippen LogP) is 14.2. The van der Waals surface area contributed by atoms with Gasteiger partial charge in [-0.05, 0) is 99.3 Å². The van der Waals surface area contributed by atoms with E-state index in [1.165, 1.54) is 88.0 Å². The first kappa shape index (κ1) is 30.8. The molecule has 0 unspecified atom stereocenters. The maximum absolute atomic E-state index is 2.35. The highest BCUT2D eigenvalue weighted by Gasteiger charge is 2.26. The van der Waals surface area contributed by atoms with Crippen molar-refractivity contribution in [2.45, 2.75) is 46.0 Å². The van der Waals surface area contributed by atoms with Gasteiger partial charge < -0.3 is 0 Å². The largest absolute Gasteiger partial charge is 0.0622 e.